The Morgan fingerprint density at radius 1 is 1.08 bits per heavy atom. The summed E-state index contributed by atoms with van der Waals surface area (Å²) in [4.78, 5) is 16.5. The fourth-order valence-corrected chi connectivity index (χ4v) is 4.57. The van der Waals surface area contributed by atoms with E-state index >= 15 is 0 Å². The van der Waals surface area contributed by atoms with Crippen LogP contribution < -0.4 is 9.64 Å². The van der Waals surface area contributed by atoms with E-state index in [9.17, 15) is 4.79 Å². The van der Waals surface area contributed by atoms with Crippen molar-refractivity contribution in [3.8, 4) is 5.75 Å². The van der Waals surface area contributed by atoms with Gasteiger partial charge in [-0.25, -0.2) is 0 Å². The summed E-state index contributed by atoms with van der Waals surface area (Å²) in [5.74, 6) is 2.62. The van der Waals surface area contributed by atoms with E-state index in [0.29, 0.717) is 0 Å². The van der Waals surface area contributed by atoms with Gasteiger partial charge in [0.15, 0.2) is 0 Å². The molecule has 0 saturated carbocycles. The summed E-state index contributed by atoms with van der Waals surface area (Å²) >= 11 is 0. The van der Waals surface area contributed by atoms with Gasteiger partial charge in [-0.3, -0.25) is 4.79 Å². The van der Waals surface area contributed by atoms with Crippen LogP contribution in [0.25, 0.3) is 0 Å². The number of hydrogen-bond acceptors (Lipinski definition) is 2. The van der Waals surface area contributed by atoms with Crippen molar-refractivity contribution in [3.63, 3.8) is 0 Å². The zero-order chi connectivity index (χ0) is 17.1. The van der Waals surface area contributed by atoms with Gasteiger partial charge in [0, 0.05) is 43.3 Å². The Bertz CT molecular complexity index is 539. The summed E-state index contributed by atoms with van der Waals surface area (Å²) in [6.45, 7) is 9.17. The Hall–Kier alpha value is -1.55. The molecule has 0 radical (unpaired) electrons. The fraction of sp³-hybridized carbons (Fsp3) is 0.650. The van der Waals surface area contributed by atoms with Gasteiger partial charge < -0.3 is 14.5 Å². The number of ether oxygens (including phenoxy) is 1. The number of methoxy groups -OCH3 is 1. The molecule has 3 rings (SSSR count). The molecule has 24 heavy (non-hydrogen) atoms. The van der Waals surface area contributed by atoms with Crippen LogP contribution in [-0.2, 0) is 0 Å². The number of piperidine rings is 2. The van der Waals surface area contributed by atoms with Gasteiger partial charge in [-0.1, -0.05) is 13.8 Å². The van der Waals surface area contributed by atoms with Gasteiger partial charge in [0.05, 0.1) is 26.2 Å². The van der Waals surface area contributed by atoms with Crippen molar-refractivity contribution in [2.24, 2.45) is 11.8 Å². The molecule has 132 valence electrons. The Balaban J connectivity index is 1.55. The molecule has 2 aliphatic rings. The van der Waals surface area contributed by atoms with Crippen molar-refractivity contribution < 1.29 is 14.4 Å². The molecule has 2 heterocycles. The summed E-state index contributed by atoms with van der Waals surface area (Å²) in [6, 6.07) is 8.19. The number of amides is 1. The predicted octanol–water partition coefficient (Wildman–Crippen LogP) is 1.86. The molecule has 0 aliphatic carbocycles. The highest BCUT2D eigenvalue weighted by Gasteiger charge is 2.34. The Morgan fingerprint density at radius 3 is 2.21 bits per heavy atom. The van der Waals surface area contributed by atoms with Crippen molar-refractivity contribution in [2.75, 3.05) is 33.3 Å². The molecule has 4 nitrogen and oxygen atoms in total. The number of carbonyl (C=O) groups is 1. The maximum absolute atomic E-state index is 12.7. The lowest BCUT2D eigenvalue weighted by molar-refractivity contribution is -0.938. The minimum absolute atomic E-state index is 0.159. The highest BCUT2D eigenvalue weighted by molar-refractivity contribution is 5.94. The number of nitrogens with one attached hydrogen (secondary N) is 1. The minimum Gasteiger partial charge on any atom is -0.497 e. The summed E-state index contributed by atoms with van der Waals surface area (Å²) in [6.07, 6.45) is 3.64. The molecular formula is C20H31N2O2+. The molecule has 4 heteroatoms. The molecule has 2 aliphatic heterocycles. The quantitative estimate of drug-likeness (QED) is 0.917. The minimum atomic E-state index is 0.159. The average molecular weight is 331 g/mol. The number of quaternary nitrogens is 1. The first kappa shape index (κ1) is 17.3. The van der Waals surface area contributed by atoms with Crippen LogP contribution in [0.2, 0.25) is 0 Å². The normalized spacial score (nSPS) is 28.6. The maximum atomic E-state index is 12.7. The second-order valence-corrected chi connectivity index (χ2v) is 7.81. The highest BCUT2D eigenvalue weighted by Crippen LogP contribution is 2.18. The number of hydrogen-bond donors (Lipinski definition) is 1. The van der Waals surface area contributed by atoms with Crippen molar-refractivity contribution in [2.45, 2.75) is 39.2 Å². The molecule has 0 unspecified atom stereocenters. The van der Waals surface area contributed by atoms with E-state index < -0.39 is 0 Å². The summed E-state index contributed by atoms with van der Waals surface area (Å²) < 4.78 is 5.17. The number of nitrogens with zero attached hydrogens (tertiary/aromatic N) is 1. The van der Waals surface area contributed by atoms with E-state index in [1.165, 1.54) is 19.5 Å². The summed E-state index contributed by atoms with van der Waals surface area (Å²) in [5.41, 5.74) is 0.766. The second kappa shape index (κ2) is 7.56. The van der Waals surface area contributed by atoms with Crippen LogP contribution in [-0.4, -0.2) is 50.1 Å². The van der Waals surface area contributed by atoms with Gasteiger partial charge >= 0.3 is 0 Å². The van der Waals surface area contributed by atoms with Crippen molar-refractivity contribution >= 4 is 5.91 Å². The molecular weight excluding hydrogens is 300 g/mol. The molecule has 1 aromatic carbocycles. The van der Waals surface area contributed by atoms with Crippen LogP contribution in [0, 0.1) is 11.8 Å². The Kier molecular flexibility index (Phi) is 5.44. The van der Waals surface area contributed by atoms with Crippen LogP contribution in [0.15, 0.2) is 24.3 Å². The molecule has 1 aromatic rings. The Morgan fingerprint density at radius 2 is 1.67 bits per heavy atom. The van der Waals surface area contributed by atoms with Crippen LogP contribution >= 0.6 is 0 Å². The van der Waals surface area contributed by atoms with Crippen LogP contribution in [0.5, 0.6) is 5.75 Å². The smallest absolute Gasteiger partial charge is 0.253 e. The van der Waals surface area contributed by atoms with E-state index in [-0.39, 0.29) is 5.91 Å². The lowest BCUT2D eigenvalue weighted by Crippen LogP contribution is -3.18. The molecule has 1 amide bonds. The molecule has 0 aromatic heterocycles. The first-order chi connectivity index (χ1) is 11.6. The lowest BCUT2D eigenvalue weighted by atomic mass is 9.89. The largest absolute Gasteiger partial charge is 0.497 e. The highest BCUT2D eigenvalue weighted by atomic mass is 16.5. The molecule has 2 atom stereocenters. The van der Waals surface area contributed by atoms with Crippen LogP contribution in [0.3, 0.4) is 0 Å². The van der Waals surface area contributed by atoms with Gasteiger partial charge in [0.25, 0.3) is 5.91 Å². The van der Waals surface area contributed by atoms with Gasteiger partial charge in [-0.05, 0) is 30.7 Å². The van der Waals surface area contributed by atoms with Gasteiger partial charge in [0.1, 0.15) is 5.75 Å². The zero-order valence-electron chi connectivity index (χ0n) is 15.3. The zero-order valence-corrected chi connectivity index (χ0v) is 15.3. The third-order valence-electron chi connectivity index (χ3n) is 5.72. The lowest BCUT2D eigenvalue weighted by Gasteiger charge is -2.41. The predicted molar refractivity (Wildman–Crippen MR) is 95.6 cm³/mol. The Labute approximate surface area is 145 Å². The fourth-order valence-electron chi connectivity index (χ4n) is 4.57. The van der Waals surface area contributed by atoms with Gasteiger partial charge in [-0.2, -0.15) is 0 Å². The van der Waals surface area contributed by atoms with Gasteiger partial charge in [0.2, 0.25) is 0 Å². The van der Waals surface area contributed by atoms with E-state index in [1.54, 1.807) is 12.0 Å². The average Bonchev–Trinajstić information content (AvgIpc) is 2.60. The van der Waals surface area contributed by atoms with Crippen molar-refractivity contribution in [1.29, 1.82) is 0 Å². The van der Waals surface area contributed by atoms with E-state index in [4.69, 9.17) is 4.74 Å². The number of likely N-dealkylation sites (tertiary alicyclic amines) is 2. The van der Waals surface area contributed by atoms with E-state index in [1.807, 2.05) is 29.2 Å². The topological polar surface area (TPSA) is 34.0 Å². The first-order valence-corrected chi connectivity index (χ1v) is 9.34. The molecule has 0 spiro atoms. The molecule has 1 N–H and O–H groups in total. The first-order valence-electron chi connectivity index (χ1n) is 9.34. The maximum Gasteiger partial charge on any atom is 0.253 e. The van der Waals surface area contributed by atoms with Gasteiger partial charge in [-0.15, -0.1) is 0 Å². The van der Waals surface area contributed by atoms with Crippen LogP contribution in [0.1, 0.15) is 43.5 Å². The number of rotatable bonds is 3. The summed E-state index contributed by atoms with van der Waals surface area (Å²) in [7, 11) is 1.65. The van der Waals surface area contributed by atoms with Crippen LogP contribution in [0.4, 0.5) is 0 Å². The standard InChI is InChI=1S/C20H30N2O2/c1-15-12-16(2)14-22(13-15)18-8-10-21(11-9-18)20(23)17-4-6-19(24-3)7-5-17/h4-7,15-16,18H,8-14H2,1-3H3/p+1/t15-,16-/m1/s1. The molecule has 2 fully saturated rings. The molecule has 0 bridgehead atoms. The van der Waals surface area contributed by atoms with Crippen molar-refractivity contribution in [3.05, 3.63) is 29.8 Å². The van der Waals surface area contributed by atoms with E-state index in [0.717, 1.165) is 55.1 Å². The summed E-state index contributed by atoms with van der Waals surface area (Å²) in [5, 5.41) is 0. The number of benzene rings is 1. The number of carbonyl (C=O) groups excluding carboxylic acids is 1. The monoisotopic (exact) mass is 331 g/mol. The second-order valence-electron chi connectivity index (χ2n) is 7.81. The SMILES string of the molecule is COc1ccc(C(=O)N2CCC([NH+]3C[C@H](C)C[C@@H](C)C3)CC2)cc1. The van der Waals surface area contributed by atoms with Crippen molar-refractivity contribution in [1.82, 2.24) is 4.90 Å². The van der Waals surface area contributed by atoms with E-state index in [2.05, 4.69) is 13.8 Å². The third kappa shape index (κ3) is 3.92. The molecule has 2 saturated heterocycles. The third-order valence-corrected chi connectivity index (χ3v) is 5.72.